The molecule has 0 bridgehead atoms. The van der Waals surface area contributed by atoms with Crippen molar-refractivity contribution in [1.82, 2.24) is 0 Å². The average molecular weight is 435 g/mol. The molecule has 9 heteroatoms. The number of sulfone groups is 1. The summed E-state index contributed by atoms with van der Waals surface area (Å²) in [6, 6.07) is 4.80. The summed E-state index contributed by atoms with van der Waals surface area (Å²) in [5, 5.41) is 1.12. The Bertz CT molecular complexity index is 833. The van der Waals surface area contributed by atoms with Gasteiger partial charge in [0.1, 0.15) is 0 Å². The molecular formula is C17H20Cl2N2O3S2. The molecule has 142 valence electrons. The first-order chi connectivity index (χ1) is 12.3. The molecular weight excluding hydrogens is 415 g/mol. The number of para-hydroxylation sites is 1. The van der Waals surface area contributed by atoms with E-state index < -0.39 is 9.84 Å². The smallest absolute Gasteiger partial charge is 0.251 e. The summed E-state index contributed by atoms with van der Waals surface area (Å²) in [5.74, 6) is -0.256. The molecule has 0 radical (unpaired) electrons. The van der Waals surface area contributed by atoms with Crippen molar-refractivity contribution < 1.29 is 13.2 Å². The molecule has 26 heavy (non-hydrogen) atoms. The van der Waals surface area contributed by atoms with Gasteiger partial charge >= 0.3 is 0 Å². The van der Waals surface area contributed by atoms with Crippen LogP contribution in [0.3, 0.4) is 0 Å². The van der Waals surface area contributed by atoms with Gasteiger partial charge in [-0.3, -0.25) is 4.79 Å². The first-order valence-electron chi connectivity index (χ1n) is 8.50. The summed E-state index contributed by atoms with van der Waals surface area (Å²) in [7, 11) is -3.14. The third kappa shape index (κ3) is 3.77. The number of anilines is 1. The van der Waals surface area contributed by atoms with Crippen LogP contribution in [0, 0.1) is 5.92 Å². The van der Waals surface area contributed by atoms with E-state index in [4.69, 9.17) is 23.2 Å². The Morgan fingerprint density at radius 3 is 2.46 bits per heavy atom. The number of rotatable bonds is 4. The standard InChI is InChI=1S/C17H20Cl2N2O3S2/c1-3-10(4-2)16(22)20-17-21(15-11(18)6-5-7-12(15)19)13-8-26(23,24)9-14(13)25-17/h5-7,10,13-14H,3-4,8-9H2,1-2H3/t13-,14-/m0/s1. The molecule has 1 amide bonds. The molecule has 0 unspecified atom stereocenters. The van der Waals surface area contributed by atoms with Crippen molar-refractivity contribution in [1.29, 1.82) is 0 Å². The van der Waals surface area contributed by atoms with Gasteiger partial charge in [-0.15, -0.1) is 0 Å². The van der Waals surface area contributed by atoms with Crippen LogP contribution >= 0.6 is 35.0 Å². The molecule has 3 rings (SSSR count). The molecule has 2 aliphatic rings. The molecule has 2 aliphatic heterocycles. The van der Waals surface area contributed by atoms with Gasteiger partial charge in [0.25, 0.3) is 5.91 Å². The van der Waals surface area contributed by atoms with Crippen LogP contribution < -0.4 is 4.90 Å². The molecule has 1 aromatic carbocycles. The first-order valence-corrected chi connectivity index (χ1v) is 12.0. The summed E-state index contributed by atoms with van der Waals surface area (Å²) >= 11 is 14.1. The van der Waals surface area contributed by atoms with Crippen molar-refractivity contribution in [2.75, 3.05) is 16.4 Å². The molecule has 0 aliphatic carbocycles. The van der Waals surface area contributed by atoms with Crippen LogP contribution in [-0.4, -0.2) is 42.3 Å². The molecule has 1 aromatic rings. The highest BCUT2D eigenvalue weighted by atomic mass is 35.5. The lowest BCUT2D eigenvalue weighted by Crippen LogP contribution is -2.38. The van der Waals surface area contributed by atoms with Gasteiger partial charge in [0.05, 0.1) is 33.3 Å². The predicted octanol–water partition coefficient (Wildman–Crippen LogP) is 4.03. The normalized spacial score (nSPS) is 25.9. The van der Waals surface area contributed by atoms with E-state index in [-0.39, 0.29) is 34.6 Å². The maximum atomic E-state index is 12.5. The van der Waals surface area contributed by atoms with Crippen LogP contribution in [0.15, 0.2) is 23.2 Å². The Morgan fingerprint density at radius 2 is 1.88 bits per heavy atom. The molecule has 2 heterocycles. The fourth-order valence-electron chi connectivity index (χ4n) is 3.37. The fourth-order valence-corrected chi connectivity index (χ4v) is 7.85. The van der Waals surface area contributed by atoms with Crippen molar-refractivity contribution in [2.24, 2.45) is 10.9 Å². The zero-order valence-corrected chi connectivity index (χ0v) is 17.6. The van der Waals surface area contributed by atoms with Crippen LogP contribution in [0.4, 0.5) is 5.69 Å². The quantitative estimate of drug-likeness (QED) is 0.715. The largest absolute Gasteiger partial charge is 0.313 e. The number of fused-ring (bicyclic) bond motifs is 1. The number of hydrogen-bond acceptors (Lipinski definition) is 4. The minimum Gasteiger partial charge on any atom is -0.313 e. The molecule has 0 N–H and O–H groups in total. The van der Waals surface area contributed by atoms with Gasteiger partial charge in [0.2, 0.25) is 0 Å². The van der Waals surface area contributed by atoms with E-state index >= 15 is 0 Å². The van der Waals surface area contributed by atoms with E-state index in [1.54, 1.807) is 23.1 Å². The number of carbonyl (C=O) groups excluding carboxylic acids is 1. The molecule has 2 fully saturated rings. The highest BCUT2D eigenvalue weighted by Gasteiger charge is 2.50. The topological polar surface area (TPSA) is 66.8 Å². The Kier molecular flexibility index (Phi) is 5.92. The van der Waals surface area contributed by atoms with Crippen LogP contribution in [0.2, 0.25) is 10.0 Å². The predicted molar refractivity (Wildman–Crippen MR) is 109 cm³/mol. The summed E-state index contributed by atoms with van der Waals surface area (Å²) in [6.07, 6.45) is 1.43. The second-order valence-electron chi connectivity index (χ2n) is 6.49. The summed E-state index contributed by atoms with van der Waals surface area (Å²) in [5.41, 5.74) is 0.518. The van der Waals surface area contributed by atoms with E-state index in [1.165, 1.54) is 11.8 Å². The zero-order valence-electron chi connectivity index (χ0n) is 14.5. The van der Waals surface area contributed by atoms with Crippen molar-refractivity contribution in [3.8, 4) is 0 Å². The molecule has 0 aromatic heterocycles. The lowest BCUT2D eigenvalue weighted by Gasteiger charge is -2.26. The molecule has 2 saturated heterocycles. The monoisotopic (exact) mass is 434 g/mol. The van der Waals surface area contributed by atoms with Gasteiger partial charge in [-0.25, -0.2) is 8.42 Å². The number of amidine groups is 1. The highest BCUT2D eigenvalue weighted by Crippen LogP contribution is 2.45. The first kappa shape index (κ1) is 20.0. The molecule has 5 nitrogen and oxygen atoms in total. The van der Waals surface area contributed by atoms with Gasteiger partial charge in [-0.2, -0.15) is 4.99 Å². The number of halogens is 2. The highest BCUT2D eigenvalue weighted by molar-refractivity contribution is 8.16. The summed E-state index contributed by atoms with van der Waals surface area (Å²) in [6.45, 7) is 3.91. The van der Waals surface area contributed by atoms with Gasteiger partial charge in [0.15, 0.2) is 15.0 Å². The average Bonchev–Trinajstić information content (AvgIpc) is 3.01. The minimum atomic E-state index is -3.14. The van der Waals surface area contributed by atoms with Crippen LogP contribution in [0.25, 0.3) is 0 Å². The maximum Gasteiger partial charge on any atom is 0.251 e. The molecule has 2 atom stereocenters. The van der Waals surface area contributed by atoms with Gasteiger partial charge in [-0.05, 0) is 25.0 Å². The van der Waals surface area contributed by atoms with Crippen LogP contribution in [-0.2, 0) is 14.6 Å². The van der Waals surface area contributed by atoms with Crippen molar-refractivity contribution in [2.45, 2.75) is 38.0 Å². The number of aliphatic imine (C=N–C) groups is 1. The number of benzene rings is 1. The van der Waals surface area contributed by atoms with Crippen molar-refractivity contribution in [3.05, 3.63) is 28.2 Å². The number of amides is 1. The minimum absolute atomic E-state index is 0.00438. The van der Waals surface area contributed by atoms with E-state index in [0.29, 0.717) is 33.7 Å². The summed E-state index contributed by atoms with van der Waals surface area (Å²) in [4.78, 5) is 18.6. The molecule has 0 saturated carbocycles. The third-order valence-corrected chi connectivity index (χ3v) is 8.61. The van der Waals surface area contributed by atoms with Crippen molar-refractivity contribution in [3.63, 3.8) is 0 Å². The lowest BCUT2D eigenvalue weighted by atomic mass is 10.0. The lowest BCUT2D eigenvalue weighted by molar-refractivity contribution is -0.121. The Balaban J connectivity index is 2.06. The van der Waals surface area contributed by atoms with E-state index in [9.17, 15) is 13.2 Å². The number of hydrogen-bond donors (Lipinski definition) is 0. The maximum absolute atomic E-state index is 12.5. The van der Waals surface area contributed by atoms with Gasteiger partial charge in [-0.1, -0.05) is 54.9 Å². The number of thioether (sulfide) groups is 1. The van der Waals surface area contributed by atoms with Crippen LogP contribution in [0.5, 0.6) is 0 Å². The molecule has 0 spiro atoms. The van der Waals surface area contributed by atoms with Gasteiger partial charge < -0.3 is 4.90 Å². The number of nitrogens with zero attached hydrogens (tertiary/aromatic N) is 2. The Labute approximate surface area is 168 Å². The zero-order chi connectivity index (χ0) is 19.1. The van der Waals surface area contributed by atoms with E-state index in [2.05, 4.69) is 4.99 Å². The van der Waals surface area contributed by atoms with Crippen molar-refractivity contribution >= 4 is 61.6 Å². The SMILES string of the molecule is CCC(CC)C(=O)N=C1S[C@H]2CS(=O)(=O)C[C@@H]2N1c1c(Cl)cccc1Cl. The third-order valence-electron chi connectivity index (χ3n) is 4.79. The van der Waals surface area contributed by atoms with E-state index in [0.717, 1.165) is 0 Å². The summed E-state index contributed by atoms with van der Waals surface area (Å²) < 4.78 is 24.2. The van der Waals surface area contributed by atoms with E-state index in [1.807, 2.05) is 13.8 Å². The Hall–Kier alpha value is -0.760. The number of carbonyl (C=O) groups is 1. The van der Waals surface area contributed by atoms with Crippen LogP contribution in [0.1, 0.15) is 26.7 Å². The Morgan fingerprint density at radius 1 is 1.27 bits per heavy atom. The second-order valence-corrected chi connectivity index (χ2v) is 10.7. The fraction of sp³-hybridized carbons (Fsp3) is 0.529. The second kappa shape index (κ2) is 7.70. The van der Waals surface area contributed by atoms with Gasteiger partial charge in [0, 0.05) is 11.2 Å².